The molecule has 0 unspecified atom stereocenters. The quantitative estimate of drug-likeness (QED) is 0.763. The zero-order valence-corrected chi connectivity index (χ0v) is 15.4. The standard InChI is InChI=1S/C18H30N2Si/c1-13(2)21(14(3)4,15(5)6)20-10-9-17-11-16(12-19)7-8-18(17)20/h7-11,13-15H,12,19H2,1-6H3. The molecule has 116 valence electrons. The molecule has 1 aromatic carbocycles. The van der Waals surface area contributed by atoms with Crippen molar-refractivity contribution >= 4 is 19.1 Å². The van der Waals surface area contributed by atoms with E-state index in [1.165, 1.54) is 16.5 Å². The van der Waals surface area contributed by atoms with Crippen LogP contribution in [0.5, 0.6) is 0 Å². The molecule has 0 atom stereocenters. The maximum absolute atomic E-state index is 5.78. The Bertz CT molecular complexity index is 589. The Labute approximate surface area is 130 Å². The molecule has 0 aliphatic rings. The second-order valence-electron chi connectivity index (χ2n) is 7.13. The number of rotatable bonds is 5. The van der Waals surface area contributed by atoms with Crippen molar-refractivity contribution < 1.29 is 0 Å². The third-order valence-electron chi connectivity index (χ3n) is 5.18. The number of benzene rings is 1. The van der Waals surface area contributed by atoms with E-state index in [9.17, 15) is 0 Å². The number of aromatic nitrogens is 1. The molecule has 21 heavy (non-hydrogen) atoms. The van der Waals surface area contributed by atoms with Gasteiger partial charge in [-0.25, -0.2) is 0 Å². The van der Waals surface area contributed by atoms with E-state index in [0.717, 1.165) is 0 Å². The summed E-state index contributed by atoms with van der Waals surface area (Å²) in [4.78, 5) is 0. The van der Waals surface area contributed by atoms with E-state index in [1.807, 2.05) is 0 Å². The van der Waals surface area contributed by atoms with Gasteiger partial charge in [0.1, 0.15) is 0 Å². The predicted octanol–water partition coefficient (Wildman–Crippen LogP) is 5.12. The van der Waals surface area contributed by atoms with Crippen LogP contribution in [0.3, 0.4) is 0 Å². The minimum Gasteiger partial charge on any atom is -0.373 e. The van der Waals surface area contributed by atoms with Crippen molar-refractivity contribution in [2.24, 2.45) is 5.73 Å². The number of nitrogens with two attached hydrogens (primary N) is 1. The fourth-order valence-corrected chi connectivity index (χ4v) is 11.1. The lowest BCUT2D eigenvalue weighted by Crippen LogP contribution is -2.51. The summed E-state index contributed by atoms with van der Waals surface area (Å²) < 4.78 is 2.66. The van der Waals surface area contributed by atoms with Gasteiger partial charge in [-0.2, -0.15) is 0 Å². The van der Waals surface area contributed by atoms with Crippen LogP contribution in [-0.4, -0.2) is 12.5 Å². The molecule has 1 heterocycles. The summed E-state index contributed by atoms with van der Waals surface area (Å²) in [7, 11) is -1.66. The predicted molar refractivity (Wildman–Crippen MR) is 96.3 cm³/mol. The van der Waals surface area contributed by atoms with Crippen LogP contribution in [0.15, 0.2) is 30.5 Å². The zero-order valence-electron chi connectivity index (χ0n) is 14.4. The molecule has 0 amide bonds. The van der Waals surface area contributed by atoms with Crippen molar-refractivity contribution in [3.8, 4) is 0 Å². The lowest BCUT2D eigenvalue weighted by atomic mass is 10.1. The first-order valence-corrected chi connectivity index (χ1v) is 10.3. The van der Waals surface area contributed by atoms with Crippen LogP contribution in [0.25, 0.3) is 10.9 Å². The molecule has 0 saturated heterocycles. The van der Waals surface area contributed by atoms with Gasteiger partial charge in [-0.3, -0.25) is 0 Å². The van der Waals surface area contributed by atoms with Gasteiger partial charge >= 0.3 is 0 Å². The molecule has 0 fully saturated rings. The maximum atomic E-state index is 5.78. The third-order valence-corrected chi connectivity index (χ3v) is 12.0. The Morgan fingerprint density at radius 1 is 0.952 bits per heavy atom. The van der Waals surface area contributed by atoms with Crippen molar-refractivity contribution in [2.75, 3.05) is 0 Å². The Hall–Kier alpha value is -1.06. The lowest BCUT2D eigenvalue weighted by molar-refractivity contribution is 0.773. The Kier molecular flexibility index (Phi) is 4.64. The van der Waals surface area contributed by atoms with Gasteiger partial charge in [-0.15, -0.1) is 0 Å². The van der Waals surface area contributed by atoms with Gasteiger partial charge in [-0.1, -0.05) is 47.6 Å². The highest BCUT2D eigenvalue weighted by molar-refractivity contribution is 6.82. The number of hydrogen-bond acceptors (Lipinski definition) is 1. The molecule has 3 heteroatoms. The smallest absolute Gasteiger partial charge is 0.169 e. The Balaban J connectivity index is 2.71. The van der Waals surface area contributed by atoms with Gasteiger partial charge in [0.25, 0.3) is 0 Å². The monoisotopic (exact) mass is 302 g/mol. The molecule has 0 spiro atoms. The van der Waals surface area contributed by atoms with Crippen molar-refractivity contribution in [1.29, 1.82) is 0 Å². The van der Waals surface area contributed by atoms with E-state index in [4.69, 9.17) is 5.73 Å². The molecular formula is C18H30N2Si. The SMILES string of the molecule is CC(C)[Si](C(C)C)(C(C)C)n1ccc2cc(CN)ccc21. The fourth-order valence-electron chi connectivity index (χ4n) is 4.49. The number of fused-ring (bicyclic) bond motifs is 1. The molecule has 2 rings (SSSR count). The Morgan fingerprint density at radius 3 is 2.00 bits per heavy atom. The minimum atomic E-state index is -1.66. The second kappa shape index (κ2) is 5.97. The molecule has 0 radical (unpaired) electrons. The van der Waals surface area contributed by atoms with E-state index in [-0.39, 0.29) is 0 Å². The summed E-state index contributed by atoms with van der Waals surface area (Å²) in [5.74, 6) is 0. The topological polar surface area (TPSA) is 30.9 Å². The third kappa shape index (κ3) is 2.47. The first-order valence-electron chi connectivity index (χ1n) is 8.16. The maximum Gasteiger partial charge on any atom is 0.169 e. The van der Waals surface area contributed by atoms with E-state index in [2.05, 4.69) is 76.2 Å². The van der Waals surface area contributed by atoms with Crippen molar-refractivity contribution in [3.63, 3.8) is 0 Å². The molecule has 0 bridgehead atoms. The molecule has 2 aromatic rings. The summed E-state index contributed by atoms with van der Waals surface area (Å²) >= 11 is 0. The highest BCUT2D eigenvalue weighted by atomic mass is 28.3. The highest BCUT2D eigenvalue weighted by Crippen LogP contribution is 2.44. The minimum absolute atomic E-state index is 0.613. The molecule has 2 N–H and O–H groups in total. The van der Waals surface area contributed by atoms with Gasteiger partial charge in [0, 0.05) is 12.1 Å². The van der Waals surface area contributed by atoms with Gasteiger partial charge in [0.2, 0.25) is 0 Å². The average Bonchev–Trinajstić information content (AvgIpc) is 2.81. The normalized spacial score (nSPS) is 13.0. The second-order valence-corrected chi connectivity index (χ2v) is 12.9. The molecule has 1 aromatic heterocycles. The molecule has 0 aliphatic heterocycles. The van der Waals surface area contributed by atoms with Crippen LogP contribution in [0.1, 0.15) is 47.1 Å². The molecule has 0 aliphatic carbocycles. The first kappa shape index (κ1) is 16.3. The van der Waals surface area contributed by atoms with Gasteiger partial charge in [0.15, 0.2) is 8.24 Å². The van der Waals surface area contributed by atoms with E-state index < -0.39 is 8.24 Å². The number of hydrogen-bond donors (Lipinski definition) is 1. The van der Waals surface area contributed by atoms with Crippen molar-refractivity contribution in [2.45, 2.75) is 64.7 Å². The molecular weight excluding hydrogens is 272 g/mol. The lowest BCUT2D eigenvalue weighted by Gasteiger charge is -2.44. The molecule has 2 nitrogen and oxygen atoms in total. The van der Waals surface area contributed by atoms with Crippen LogP contribution in [-0.2, 0) is 6.54 Å². The largest absolute Gasteiger partial charge is 0.373 e. The summed E-state index contributed by atoms with van der Waals surface area (Å²) in [6.45, 7) is 15.1. The van der Waals surface area contributed by atoms with Gasteiger partial charge in [0.05, 0.1) is 0 Å². The van der Waals surface area contributed by atoms with Crippen LogP contribution in [0.2, 0.25) is 16.6 Å². The van der Waals surface area contributed by atoms with Crippen LogP contribution >= 0.6 is 0 Å². The van der Waals surface area contributed by atoms with E-state index in [1.54, 1.807) is 0 Å². The van der Waals surface area contributed by atoms with Gasteiger partial charge in [-0.05, 0) is 52.0 Å². The Morgan fingerprint density at radius 2 is 1.52 bits per heavy atom. The van der Waals surface area contributed by atoms with Crippen molar-refractivity contribution in [3.05, 3.63) is 36.0 Å². The summed E-state index contributed by atoms with van der Waals surface area (Å²) in [5.41, 5.74) is 10.5. The van der Waals surface area contributed by atoms with Crippen molar-refractivity contribution in [1.82, 2.24) is 4.23 Å². The van der Waals surface area contributed by atoms with Crippen LogP contribution in [0.4, 0.5) is 0 Å². The van der Waals surface area contributed by atoms with E-state index in [0.29, 0.717) is 23.2 Å². The van der Waals surface area contributed by atoms with E-state index >= 15 is 0 Å². The summed E-state index contributed by atoms with van der Waals surface area (Å²) in [5, 5.41) is 1.33. The first-order chi connectivity index (χ1) is 9.85. The number of nitrogens with zero attached hydrogens (tertiary/aromatic N) is 1. The van der Waals surface area contributed by atoms with Crippen LogP contribution < -0.4 is 5.73 Å². The summed E-state index contributed by atoms with van der Waals surface area (Å²) in [6.07, 6.45) is 2.33. The fraction of sp³-hybridized carbons (Fsp3) is 0.556. The van der Waals surface area contributed by atoms with Gasteiger partial charge < -0.3 is 9.97 Å². The van der Waals surface area contributed by atoms with Crippen LogP contribution in [0, 0.1) is 0 Å². The highest BCUT2D eigenvalue weighted by Gasteiger charge is 2.45. The summed E-state index contributed by atoms with van der Waals surface area (Å²) in [6, 6.07) is 8.96. The average molecular weight is 303 g/mol. The molecule has 0 saturated carbocycles. The zero-order chi connectivity index (χ0) is 15.8.